The van der Waals surface area contributed by atoms with Crippen molar-refractivity contribution < 1.29 is 24.4 Å². The molecule has 0 saturated carbocycles. The number of amides is 2. The van der Waals surface area contributed by atoms with Crippen LogP contribution in [0.4, 0.5) is 5.69 Å². The van der Waals surface area contributed by atoms with E-state index >= 15 is 0 Å². The number of nitrogens with one attached hydrogen (secondary N) is 3. The molecule has 0 aliphatic heterocycles. The van der Waals surface area contributed by atoms with Crippen LogP contribution in [0, 0.1) is 0 Å². The highest BCUT2D eigenvalue weighted by molar-refractivity contribution is 7.99. The molecule has 1 heterocycles. The number of aromatic nitrogens is 1. The molecule has 1 aromatic heterocycles. The minimum absolute atomic E-state index is 0.0461. The molecule has 196 valence electrons. The second-order valence-corrected chi connectivity index (χ2v) is 9.78. The van der Waals surface area contributed by atoms with Crippen molar-refractivity contribution in [3.05, 3.63) is 78.1 Å². The zero-order chi connectivity index (χ0) is 26.5. The minimum Gasteiger partial charge on any atom is -0.508 e. The average molecular weight is 524 g/mol. The smallest absolute Gasteiger partial charge is 0.327 e. The Balaban J connectivity index is 1.42. The number of hydrogen-bond acceptors (Lipinski definition) is 6. The third-order valence-corrected chi connectivity index (χ3v) is 6.83. The van der Waals surface area contributed by atoms with E-state index in [4.69, 9.17) is 0 Å². The Morgan fingerprint density at radius 2 is 1.73 bits per heavy atom. The van der Waals surface area contributed by atoms with Gasteiger partial charge in [-0.1, -0.05) is 31.5 Å². The lowest BCUT2D eigenvalue weighted by Crippen LogP contribution is -2.43. The molecule has 2 aromatic carbocycles. The van der Waals surface area contributed by atoms with Crippen LogP contribution in [-0.2, 0) is 29.0 Å². The summed E-state index contributed by atoms with van der Waals surface area (Å²) in [6.45, 7) is 3.46. The van der Waals surface area contributed by atoms with Crippen molar-refractivity contribution in [1.82, 2.24) is 10.7 Å². The van der Waals surface area contributed by atoms with Gasteiger partial charge in [0.15, 0.2) is 12.4 Å². The lowest BCUT2D eigenvalue weighted by Gasteiger charge is -2.13. The highest BCUT2D eigenvalue weighted by Gasteiger charge is 2.13. The predicted octanol–water partition coefficient (Wildman–Crippen LogP) is 3.71. The molecule has 0 atom stereocenters. The Hall–Kier alpha value is -3.72. The number of hydrazine groups is 1. The molecule has 37 heavy (non-hydrogen) atoms. The van der Waals surface area contributed by atoms with Gasteiger partial charge < -0.3 is 15.5 Å². The zero-order valence-corrected chi connectivity index (χ0v) is 21.9. The number of carbonyl (C=O) groups is 2. The molecular formula is C28H35N4O4S+. The van der Waals surface area contributed by atoms with Gasteiger partial charge in [0, 0.05) is 30.9 Å². The summed E-state index contributed by atoms with van der Waals surface area (Å²) < 4.78 is 2.21. The third-order valence-electron chi connectivity index (χ3n) is 5.79. The van der Waals surface area contributed by atoms with Crippen LogP contribution in [-0.4, -0.2) is 34.3 Å². The fourth-order valence-electron chi connectivity index (χ4n) is 3.69. The van der Waals surface area contributed by atoms with Gasteiger partial charge in [-0.05, 0) is 54.7 Å². The fourth-order valence-corrected chi connectivity index (χ4v) is 4.54. The molecule has 0 saturated heterocycles. The predicted molar refractivity (Wildman–Crippen MR) is 145 cm³/mol. The number of anilines is 1. The van der Waals surface area contributed by atoms with Gasteiger partial charge in [-0.2, -0.15) is 0 Å². The normalized spacial score (nSPS) is 10.6. The van der Waals surface area contributed by atoms with Crippen LogP contribution >= 0.6 is 11.8 Å². The summed E-state index contributed by atoms with van der Waals surface area (Å²) in [4.78, 5) is 24.9. The Labute approximate surface area is 222 Å². The maximum atomic E-state index is 12.2. The van der Waals surface area contributed by atoms with Gasteiger partial charge in [0.2, 0.25) is 0 Å². The molecule has 2 amide bonds. The fraction of sp³-hybridized carbons (Fsp3) is 0.321. The van der Waals surface area contributed by atoms with E-state index in [1.165, 1.54) is 54.8 Å². The number of phenols is 2. The number of phenolic OH excluding ortho intramolecular Hbond substituents is 2. The molecule has 3 aromatic rings. The van der Waals surface area contributed by atoms with E-state index in [0.29, 0.717) is 10.6 Å². The lowest BCUT2D eigenvalue weighted by atomic mass is 10.0. The van der Waals surface area contributed by atoms with E-state index in [9.17, 15) is 19.8 Å². The number of pyridine rings is 1. The SMILES string of the molecule is CCCCC[n+]1ccc(CCc2ccccc2NNC(=O)C(=O)NCCSc2cc(O)ccc2O)cc1. The van der Waals surface area contributed by atoms with Gasteiger partial charge in [-0.25, -0.2) is 4.57 Å². The molecule has 3 rings (SSSR count). The number of hydrogen-bond donors (Lipinski definition) is 5. The van der Waals surface area contributed by atoms with Gasteiger partial charge in [0.05, 0.1) is 10.6 Å². The van der Waals surface area contributed by atoms with E-state index in [-0.39, 0.29) is 18.0 Å². The number of aromatic hydroxyl groups is 2. The van der Waals surface area contributed by atoms with Crippen LogP contribution in [0.2, 0.25) is 0 Å². The molecule has 0 aliphatic carbocycles. The van der Waals surface area contributed by atoms with Crippen molar-refractivity contribution in [3.63, 3.8) is 0 Å². The molecule has 0 unspecified atom stereocenters. The van der Waals surface area contributed by atoms with Crippen molar-refractivity contribution in [2.24, 2.45) is 0 Å². The van der Waals surface area contributed by atoms with E-state index < -0.39 is 11.8 Å². The molecule has 8 nitrogen and oxygen atoms in total. The summed E-state index contributed by atoms with van der Waals surface area (Å²) in [5.74, 6) is -1.04. The average Bonchev–Trinajstić information content (AvgIpc) is 2.91. The summed E-state index contributed by atoms with van der Waals surface area (Å²) in [6.07, 6.45) is 9.52. The summed E-state index contributed by atoms with van der Waals surface area (Å²) in [5.41, 5.74) is 8.34. The molecule has 0 bridgehead atoms. The number of para-hydroxylation sites is 1. The Bertz CT molecular complexity index is 1170. The molecule has 0 spiro atoms. The molecular weight excluding hydrogens is 488 g/mol. The molecule has 5 N–H and O–H groups in total. The zero-order valence-electron chi connectivity index (χ0n) is 21.1. The largest absolute Gasteiger partial charge is 0.508 e. The van der Waals surface area contributed by atoms with Crippen molar-refractivity contribution in [2.75, 3.05) is 17.7 Å². The number of aryl methyl sites for hydroxylation is 3. The Morgan fingerprint density at radius 1 is 0.946 bits per heavy atom. The quantitative estimate of drug-likeness (QED) is 0.0583. The molecule has 0 aliphatic rings. The standard InChI is InChI=1S/C28H34N4O4S/c1-2-3-6-16-32-17-13-21(14-18-32)9-10-22-7-4-5-8-24(22)30-31-28(36)27(35)29-15-19-37-26-20-23(33)11-12-25(26)34/h4-5,7-8,11-14,17-18,20H,2-3,6,9-10,15-16,19H2,1H3,(H4-,29,30,31,33,34,35,36)/p+1. The first-order valence-electron chi connectivity index (χ1n) is 12.5. The summed E-state index contributed by atoms with van der Waals surface area (Å²) in [5, 5.41) is 21.8. The Morgan fingerprint density at radius 3 is 2.51 bits per heavy atom. The second-order valence-electron chi connectivity index (χ2n) is 8.64. The summed E-state index contributed by atoms with van der Waals surface area (Å²) in [6, 6.07) is 16.2. The topological polar surface area (TPSA) is 115 Å². The van der Waals surface area contributed by atoms with Crippen molar-refractivity contribution in [3.8, 4) is 11.5 Å². The van der Waals surface area contributed by atoms with E-state index in [2.05, 4.69) is 52.2 Å². The number of thioether (sulfide) groups is 1. The van der Waals surface area contributed by atoms with Gasteiger partial charge in [-0.15, -0.1) is 11.8 Å². The monoisotopic (exact) mass is 523 g/mol. The van der Waals surface area contributed by atoms with Crippen LogP contribution in [0.5, 0.6) is 11.5 Å². The van der Waals surface area contributed by atoms with Gasteiger partial charge in [0.25, 0.3) is 0 Å². The molecule has 9 heteroatoms. The first kappa shape index (κ1) is 27.9. The molecule has 0 radical (unpaired) electrons. The van der Waals surface area contributed by atoms with Gasteiger partial charge in [-0.3, -0.25) is 20.4 Å². The number of benzene rings is 2. The van der Waals surface area contributed by atoms with E-state index in [1.807, 2.05) is 24.3 Å². The van der Waals surface area contributed by atoms with Crippen molar-refractivity contribution in [2.45, 2.75) is 50.5 Å². The van der Waals surface area contributed by atoms with E-state index in [0.717, 1.165) is 30.6 Å². The number of nitrogens with zero attached hydrogens (tertiary/aromatic N) is 1. The first-order valence-corrected chi connectivity index (χ1v) is 13.5. The minimum atomic E-state index is -0.796. The lowest BCUT2D eigenvalue weighted by molar-refractivity contribution is -0.697. The first-order chi connectivity index (χ1) is 18.0. The van der Waals surface area contributed by atoms with E-state index in [1.54, 1.807) is 0 Å². The van der Waals surface area contributed by atoms with Crippen LogP contribution < -0.4 is 20.7 Å². The maximum absolute atomic E-state index is 12.2. The third kappa shape index (κ3) is 9.34. The summed E-state index contributed by atoms with van der Waals surface area (Å²) >= 11 is 1.26. The highest BCUT2D eigenvalue weighted by atomic mass is 32.2. The second kappa shape index (κ2) is 14.7. The molecule has 0 fully saturated rings. The van der Waals surface area contributed by atoms with Gasteiger partial charge in [0.1, 0.15) is 18.0 Å². The van der Waals surface area contributed by atoms with Gasteiger partial charge >= 0.3 is 11.8 Å². The van der Waals surface area contributed by atoms with Crippen LogP contribution in [0.3, 0.4) is 0 Å². The number of rotatable bonds is 13. The van der Waals surface area contributed by atoms with Crippen molar-refractivity contribution >= 4 is 29.3 Å². The summed E-state index contributed by atoms with van der Waals surface area (Å²) in [7, 11) is 0. The van der Waals surface area contributed by atoms with Crippen LogP contribution in [0.25, 0.3) is 0 Å². The number of unbranched alkanes of at least 4 members (excludes halogenated alkanes) is 2. The number of carbonyl (C=O) groups excluding carboxylic acids is 2. The highest BCUT2D eigenvalue weighted by Crippen LogP contribution is 2.31. The van der Waals surface area contributed by atoms with Crippen molar-refractivity contribution in [1.29, 1.82) is 0 Å². The van der Waals surface area contributed by atoms with Crippen LogP contribution in [0.15, 0.2) is 71.9 Å². The Kier molecular flexibility index (Phi) is 11.1. The maximum Gasteiger partial charge on any atom is 0.327 e. The van der Waals surface area contributed by atoms with Crippen LogP contribution in [0.1, 0.15) is 37.3 Å².